The first kappa shape index (κ1) is 21.6. The van der Waals surface area contributed by atoms with Gasteiger partial charge in [-0.05, 0) is 55.9 Å². The van der Waals surface area contributed by atoms with Crippen molar-refractivity contribution in [3.8, 4) is 5.75 Å². The van der Waals surface area contributed by atoms with Gasteiger partial charge in [0.15, 0.2) is 6.10 Å². The van der Waals surface area contributed by atoms with E-state index in [9.17, 15) is 19.5 Å². The average Bonchev–Trinajstić information content (AvgIpc) is 2.79. The van der Waals surface area contributed by atoms with Gasteiger partial charge in [0, 0.05) is 23.4 Å². The van der Waals surface area contributed by atoms with Gasteiger partial charge in [-0.2, -0.15) is 0 Å². The summed E-state index contributed by atoms with van der Waals surface area (Å²) in [7, 11) is 0. The standard InChI is InChI=1S/C25H25NO6/c1-15(23(27)26-21(24(28)29)13-16-7-3-2-4-8-16)31-17-11-12-19-18-9-5-6-10-20(18)25(30)32-22(19)14-17/h2-4,7-8,11-12,14-15,21H,5-6,9-10,13H2,1H3,(H,26,27)(H,28,29)/t15-,21-/m0/s1. The summed E-state index contributed by atoms with van der Waals surface area (Å²) in [6.45, 7) is 1.55. The molecule has 0 bridgehead atoms. The number of carboxylic acids is 1. The molecule has 166 valence electrons. The van der Waals surface area contributed by atoms with Crippen molar-refractivity contribution >= 4 is 22.8 Å². The van der Waals surface area contributed by atoms with E-state index in [1.54, 1.807) is 19.1 Å². The third kappa shape index (κ3) is 4.66. The van der Waals surface area contributed by atoms with Crippen LogP contribution in [-0.2, 0) is 28.9 Å². The summed E-state index contributed by atoms with van der Waals surface area (Å²) in [6, 6.07) is 13.2. The van der Waals surface area contributed by atoms with E-state index in [4.69, 9.17) is 9.15 Å². The molecule has 1 aromatic heterocycles. The molecule has 0 saturated carbocycles. The number of carbonyl (C=O) groups is 2. The van der Waals surface area contributed by atoms with Crippen molar-refractivity contribution in [2.24, 2.45) is 0 Å². The summed E-state index contributed by atoms with van der Waals surface area (Å²) in [5.41, 5.74) is 2.70. The first-order valence-electron chi connectivity index (χ1n) is 10.7. The van der Waals surface area contributed by atoms with Gasteiger partial charge in [0.1, 0.15) is 17.4 Å². The highest BCUT2D eigenvalue weighted by atomic mass is 16.5. The number of aliphatic carboxylic acids is 1. The largest absolute Gasteiger partial charge is 0.481 e. The molecule has 1 amide bonds. The highest BCUT2D eigenvalue weighted by Crippen LogP contribution is 2.29. The van der Waals surface area contributed by atoms with Crippen LogP contribution < -0.4 is 15.7 Å². The topological polar surface area (TPSA) is 106 Å². The summed E-state index contributed by atoms with van der Waals surface area (Å²) >= 11 is 0. The fraction of sp³-hybridized carbons (Fsp3) is 0.320. The number of nitrogens with one attached hydrogen (secondary N) is 1. The molecule has 0 saturated heterocycles. The molecule has 2 aromatic carbocycles. The number of hydrogen-bond acceptors (Lipinski definition) is 5. The van der Waals surface area contributed by atoms with E-state index in [0.29, 0.717) is 11.3 Å². The maximum atomic E-state index is 12.6. The molecule has 0 spiro atoms. The minimum Gasteiger partial charge on any atom is -0.481 e. The number of carbonyl (C=O) groups excluding carboxylic acids is 1. The normalized spacial score (nSPS) is 14.9. The predicted molar refractivity (Wildman–Crippen MR) is 119 cm³/mol. The Bertz CT molecular complexity index is 1200. The zero-order valence-corrected chi connectivity index (χ0v) is 17.8. The zero-order chi connectivity index (χ0) is 22.7. The van der Waals surface area contributed by atoms with Gasteiger partial charge < -0.3 is 19.6 Å². The lowest BCUT2D eigenvalue weighted by atomic mass is 9.91. The van der Waals surface area contributed by atoms with Crippen LogP contribution in [0, 0.1) is 0 Å². The van der Waals surface area contributed by atoms with Crippen LogP contribution in [-0.4, -0.2) is 29.1 Å². The van der Waals surface area contributed by atoms with E-state index in [2.05, 4.69) is 5.32 Å². The van der Waals surface area contributed by atoms with Gasteiger partial charge in [0.05, 0.1) is 0 Å². The molecule has 0 radical (unpaired) electrons. The minimum atomic E-state index is -1.12. The van der Waals surface area contributed by atoms with Gasteiger partial charge in [0.2, 0.25) is 0 Å². The van der Waals surface area contributed by atoms with Gasteiger partial charge in [-0.25, -0.2) is 9.59 Å². The molecular weight excluding hydrogens is 410 g/mol. The molecule has 2 atom stereocenters. The molecule has 0 unspecified atom stereocenters. The Labute approximate surface area is 185 Å². The molecule has 0 fully saturated rings. The van der Waals surface area contributed by atoms with Crippen LogP contribution in [0.2, 0.25) is 0 Å². The van der Waals surface area contributed by atoms with Gasteiger partial charge >= 0.3 is 11.6 Å². The molecule has 2 N–H and O–H groups in total. The highest BCUT2D eigenvalue weighted by Gasteiger charge is 2.25. The Morgan fingerprint density at radius 1 is 1.09 bits per heavy atom. The van der Waals surface area contributed by atoms with Crippen molar-refractivity contribution in [1.82, 2.24) is 5.32 Å². The number of amides is 1. The molecule has 4 rings (SSSR count). The number of fused-ring (bicyclic) bond motifs is 3. The number of ether oxygens (including phenoxy) is 1. The van der Waals surface area contributed by atoms with Crippen molar-refractivity contribution in [3.05, 3.63) is 75.6 Å². The van der Waals surface area contributed by atoms with Crippen LogP contribution >= 0.6 is 0 Å². The maximum absolute atomic E-state index is 12.6. The fourth-order valence-corrected chi connectivity index (χ4v) is 4.10. The van der Waals surface area contributed by atoms with Crippen LogP contribution in [0.3, 0.4) is 0 Å². The van der Waals surface area contributed by atoms with E-state index in [-0.39, 0.29) is 12.0 Å². The fourth-order valence-electron chi connectivity index (χ4n) is 4.10. The van der Waals surface area contributed by atoms with Crippen LogP contribution in [0.4, 0.5) is 0 Å². The van der Waals surface area contributed by atoms with Crippen molar-refractivity contribution in [1.29, 1.82) is 0 Å². The minimum absolute atomic E-state index is 0.168. The number of carboxylic acid groups (broad SMARTS) is 1. The summed E-state index contributed by atoms with van der Waals surface area (Å²) in [5.74, 6) is -1.29. The molecule has 7 heteroatoms. The van der Waals surface area contributed by atoms with E-state index >= 15 is 0 Å². The first-order valence-corrected chi connectivity index (χ1v) is 10.7. The van der Waals surface area contributed by atoms with Crippen molar-refractivity contribution in [2.45, 2.75) is 51.2 Å². The summed E-state index contributed by atoms with van der Waals surface area (Å²) in [5, 5.41) is 12.9. The van der Waals surface area contributed by atoms with E-state index in [0.717, 1.165) is 47.8 Å². The Hall–Kier alpha value is -3.61. The second-order valence-corrected chi connectivity index (χ2v) is 8.06. The molecule has 1 heterocycles. The molecule has 1 aliphatic carbocycles. The third-order valence-corrected chi connectivity index (χ3v) is 5.77. The zero-order valence-electron chi connectivity index (χ0n) is 17.8. The summed E-state index contributed by atoms with van der Waals surface area (Å²) in [4.78, 5) is 36.5. The Morgan fingerprint density at radius 2 is 1.81 bits per heavy atom. The summed E-state index contributed by atoms with van der Waals surface area (Å²) in [6.07, 6.45) is 2.83. The second-order valence-electron chi connectivity index (χ2n) is 8.06. The van der Waals surface area contributed by atoms with Crippen LogP contribution in [0.1, 0.15) is 36.5 Å². The number of rotatable bonds is 7. The van der Waals surface area contributed by atoms with E-state index in [1.165, 1.54) is 0 Å². The lowest BCUT2D eigenvalue weighted by Crippen LogP contribution is -2.47. The van der Waals surface area contributed by atoms with Crippen LogP contribution in [0.25, 0.3) is 11.0 Å². The predicted octanol–water partition coefficient (Wildman–Crippen LogP) is 3.25. The van der Waals surface area contributed by atoms with Crippen molar-refractivity contribution < 1.29 is 23.8 Å². The average molecular weight is 435 g/mol. The molecule has 0 aliphatic heterocycles. The first-order chi connectivity index (χ1) is 15.4. The molecule has 32 heavy (non-hydrogen) atoms. The Kier molecular flexibility index (Phi) is 6.25. The van der Waals surface area contributed by atoms with E-state index in [1.807, 2.05) is 36.4 Å². The molecule has 7 nitrogen and oxygen atoms in total. The van der Waals surface area contributed by atoms with Crippen LogP contribution in [0.15, 0.2) is 57.7 Å². The van der Waals surface area contributed by atoms with Gasteiger partial charge in [-0.3, -0.25) is 4.79 Å². The second kappa shape index (κ2) is 9.26. The highest BCUT2D eigenvalue weighted by molar-refractivity contribution is 5.87. The van der Waals surface area contributed by atoms with Crippen LogP contribution in [0.5, 0.6) is 5.75 Å². The maximum Gasteiger partial charge on any atom is 0.339 e. The SMILES string of the molecule is C[C@H](Oc1ccc2c3c(c(=O)oc2c1)CCCC3)C(=O)N[C@@H](Cc1ccccc1)C(=O)O. The van der Waals surface area contributed by atoms with Gasteiger partial charge in [0.25, 0.3) is 5.91 Å². The monoisotopic (exact) mass is 435 g/mol. The molecule has 3 aromatic rings. The quantitative estimate of drug-likeness (QED) is 0.552. The smallest absolute Gasteiger partial charge is 0.339 e. The Balaban J connectivity index is 1.47. The Morgan fingerprint density at radius 3 is 2.53 bits per heavy atom. The van der Waals surface area contributed by atoms with Gasteiger partial charge in [-0.15, -0.1) is 0 Å². The number of hydrogen-bond donors (Lipinski definition) is 2. The lowest BCUT2D eigenvalue weighted by molar-refractivity contribution is -0.142. The summed E-state index contributed by atoms with van der Waals surface area (Å²) < 4.78 is 11.2. The van der Waals surface area contributed by atoms with Crippen molar-refractivity contribution in [2.75, 3.05) is 0 Å². The number of aryl methyl sites for hydroxylation is 1. The number of benzene rings is 2. The van der Waals surface area contributed by atoms with E-state index < -0.39 is 24.0 Å². The lowest BCUT2D eigenvalue weighted by Gasteiger charge is -2.20. The van der Waals surface area contributed by atoms with Crippen molar-refractivity contribution in [3.63, 3.8) is 0 Å². The molecular formula is C25H25NO6. The van der Waals surface area contributed by atoms with Gasteiger partial charge in [-0.1, -0.05) is 30.3 Å². The third-order valence-electron chi connectivity index (χ3n) is 5.77. The molecule has 1 aliphatic rings.